The van der Waals surface area contributed by atoms with E-state index in [1.54, 1.807) is 56.3 Å². The molecule has 0 radical (unpaired) electrons. The summed E-state index contributed by atoms with van der Waals surface area (Å²) in [5.41, 5.74) is 0. The highest BCUT2D eigenvalue weighted by molar-refractivity contribution is 7.58. The number of ether oxygens (including phenoxy) is 1. The number of nitrogens with zero attached hydrogens (tertiary/aromatic N) is 4. The van der Waals surface area contributed by atoms with E-state index in [1.807, 2.05) is 6.92 Å². The number of hydrogen-bond donors (Lipinski definition) is 0. The SMILES string of the molecule is CCCCCOC(F)C(F)(F)ON=P(N(C)C)(N(C)C)N(C)C. The molecule has 10 heteroatoms. The van der Waals surface area contributed by atoms with Crippen LogP contribution in [0.15, 0.2) is 4.91 Å². The van der Waals surface area contributed by atoms with Crippen molar-refractivity contribution < 1.29 is 22.7 Å². The van der Waals surface area contributed by atoms with Gasteiger partial charge in [0.1, 0.15) is 0 Å². The number of hydrogen-bond acceptors (Lipinski definition) is 3. The lowest BCUT2D eigenvalue weighted by Gasteiger charge is -2.40. The van der Waals surface area contributed by atoms with E-state index in [0.29, 0.717) is 6.42 Å². The average Bonchev–Trinajstić information content (AvgIpc) is 2.42. The molecule has 1 unspecified atom stereocenters. The molecule has 0 aromatic heterocycles. The summed E-state index contributed by atoms with van der Waals surface area (Å²) in [6.07, 6.45) is -4.78. The molecule has 0 aromatic rings. The predicted octanol–water partition coefficient (Wildman–Crippen LogP) is 3.64. The molecule has 1 atom stereocenters. The fraction of sp³-hybridized carbons (Fsp3) is 1.00. The highest BCUT2D eigenvalue weighted by Gasteiger charge is 2.45. The second-order valence-corrected chi connectivity index (χ2v) is 9.34. The minimum absolute atomic E-state index is 0.0801. The zero-order valence-corrected chi connectivity index (χ0v) is 16.0. The van der Waals surface area contributed by atoms with Crippen LogP contribution < -0.4 is 0 Å². The Balaban J connectivity index is 5.09. The lowest BCUT2D eigenvalue weighted by molar-refractivity contribution is -0.330. The van der Waals surface area contributed by atoms with Gasteiger partial charge in [-0.25, -0.2) is 4.39 Å². The molecule has 0 aliphatic heterocycles. The van der Waals surface area contributed by atoms with Crippen molar-refractivity contribution in [1.82, 2.24) is 14.0 Å². The van der Waals surface area contributed by atoms with E-state index in [-0.39, 0.29) is 6.61 Å². The van der Waals surface area contributed by atoms with Gasteiger partial charge in [0.15, 0.2) is 7.51 Å². The topological polar surface area (TPSA) is 40.5 Å². The molecule has 140 valence electrons. The van der Waals surface area contributed by atoms with E-state index >= 15 is 0 Å². The van der Waals surface area contributed by atoms with Crippen molar-refractivity contribution in [3.63, 3.8) is 0 Å². The molecule has 0 saturated heterocycles. The first-order valence-corrected chi connectivity index (χ1v) is 9.09. The van der Waals surface area contributed by atoms with Crippen molar-refractivity contribution in [3.8, 4) is 0 Å². The van der Waals surface area contributed by atoms with Gasteiger partial charge in [0.05, 0.1) is 6.61 Å². The molecule has 0 heterocycles. The van der Waals surface area contributed by atoms with Crippen molar-refractivity contribution in [2.75, 3.05) is 48.9 Å². The maximum atomic E-state index is 13.8. The molecule has 0 aromatic carbocycles. The minimum Gasteiger partial charge on any atom is -0.341 e. The Bertz CT molecular complexity index is 367. The monoisotopic (exact) mass is 362 g/mol. The van der Waals surface area contributed by atoms with E-state index in [1.165, 1.54) is 0 Å². The Morgan fingerprint density at radius 3 is 1.87 bits per heavy atom. The zero-order chi connectivity index (χ0) is 18.3. The van der Waals surface area contributed by atoms with Gasteiger partial charge in [-0.15, -0.1) is 4.91 Å². The van der Waals surface area contributed by atoms with Crippen LogP contribution in [0.1, 0.15) is 26.2 Å². The normalized spacial score (nSPS) is 14.8. The summed E-state index contributed by atoms with van der Waals surface area (Å²) >= 11 is 0. The van der Waals surface area contributed by atoms with Crippen LogP contribution in [0.4, 0.5) is 13.2 Å². The third kappa shape index (κ3) is 6.32. The number of halogens is 3. The third-order valence-corrected chi connectivity index (χ3v) is 6.68. The number of alkyl halides is 3. The standard InChI is InChI=1S/C13H30F3N4O2P/c1-8-9-10-11-21-12(14)13(15,16)22-17-23(18(2)3,19(4)5)20(6)7/h12H,8-11H2,1-7H3. The minimum atomic E-state index is -4.14. The van der Waals surface area contributed by atoms with Crippen LogP contribution in [0, 0.1) is 0 Å². The molecule has 0 fully saturated rings. The van der Waals surface area contributed by atoms with E-state index in [4.69, 9.17) is 0 Å². The lowest BCUT2D eigenvalue weighted by atomic mass is 10.3. The molecule has 0 bridgehead atoms. The van der Waals surface area contributed by atoms with Crippen molar-refractivity contribution in [2.45, 2.75) is 38.7 Å². The van der Waals surface area contributed by atoms with E-state index in [9.17, 15) is 13.2 Å². The van der Waals surface area contributed by atoms with Crippen LogP contribution in [0.25, 0.3) is 0 Å². The lowest BCUT2D eigenvalue weighted by Crippen LogP contribution is -2.36. The maximum Gasteiger partial charge on any atom is 0.433 e. The zero-order valence-electron chi connectivity index (χ0n) is 15.1. The van der Waals surface area contributed by atoms with Gasteiger partial charge in [0, 0.05) is 0 Å². The van der Waals surface area contributed by atoms with Gasteiger partial charge in [-0.2, -0.15) is 13.6 Å². The quantitative estimate of drug-likeness (QED) is 0.319. The number of unbranched alkanes of at least 4 members (excludes halogenated alkanes) is 2. The first-order chi connectivity index (χ1) is 10.5. The molecule has 0 aliphatic carbocycles. The molecular formula is C13H30F3N4O2P. The van der Waals surface area contributed by atoms with Gasteiger partial charge >= 0.3 is 6.11 Å². The Hall–Kier alpha value is -0.180. The molecule has 0 amide bonds. The Morgan fingerprint density at radius 1 is 1.00 bits per heavy atom. The summed E-state index contributed by atoms with van der Waals surface area (Å²) < 4.78 is 50.7. The second-order valence-electron chi connectivity index (χ2n) is 5.71. The van der Waals surface area contributed by atoms with Gasteiger partial charge in [0.2, 0.25) is 0 Å². The summed E-state index contributed by atoms with van der Waals surface area (Å²) in [5, 5.41) is 0. The maximum absolute atomic E-state index is 13.8. The van der Waals surface area contributed by atoms with Crippen LogP contribution in [-0.2, 0) is 9.57 Å². The van der Waals surface area contributed by atoms with E-state index < -0.39 is 20.0 Å². The number of rotatable bonds is 11. The van der Waals surface area contributed by atoms with Crippen molar-refractivity contribution >= 4 is 7.51 Å². The molecule has 0 N–H and O–H groups in total. The van der Waals surface area contributed by atoms with Gasteiger partial charge in [0.25, 0.3) is 6.36 Å². The molecule has 23 heavy (non-hydrogen) atoms. The fourth-order valence-electron chi connectivity index (χ4n) is 2.08. The van der Waals surface area contributed by atoms with Gasteiger partial charge in [-0.3, -0.25) is 14.0 Å². The molecule has 0 aliphatic rings. The third-order valence-electron chi connectivity index (χ3n) is 3.16. The van der Waals surface area contributed by atoms with Crippen LogP contribution in [0.2, 0.25) is 0 Å². The van der Waals surface area contributed by atoms with Crippen LogP contribution in [0.3, 0.4) is 0 Å². The van der Waals surface area contributed by atoms with Gasteiger partial charge < -0.3 is 4.74 Å². The predicted molar refractivity (Wildman–Crippen MR) is 86.8 cm³/mol. The molecular weight excluding hydrogens is 332 g/mol. The van der Waals surface area contributed by atoms with Crippen LogP contribution in [0.5, 0.6) is 0 Å². The summed E-state index contributed by atoms with van der Waals surface area (Å²) in [5.74, 6) is 0. The summed E-state index contributed by atoms with van der Waals surface area (Å²) in [4.78, 5) is 8.02. The average molecular weight is 362 g/mol. The first-order valence-electron chi connectivity index (χ1n) is 7.49. The van der Waals surface area contributed by atoms with E-state index in [0.717, 1.165) is 12.8 Å². The smallest absolute Gasteiger partial charge is 0.341 e. The van der Waals surface area contributed by atoms with Crippen molar-refractivity contribution in [2.24, 2.45) is 4.91 Å². The van der Waals surface area contributed by atoms with Gasteiger partial charge in [-0.05, 0) is 48.7 Å². The van der Waals surface area contributed by atoms with Crippen LogP contribution >= 0.6 is 7.51 Å². The second kappa shape index (κ2) is 9.96. The molecule has 0 saturated carbocycles. The highest BCUT2D eigenvalue weighted by atomic mass is 31.2. The summed E-state index contributed by atoms with van der Waals surface area (Å²) in [7, 11) is 7.52. The van der Waals surface area contributed by atoms with Crippen molar-refractivity contribution in [1.29, 1.82) is 0 Å². The summed E-state index contributed by atoms with van der Waals surface area (Å²) in [6.45, 7) is 1.87. The fourth-order valence-corrected chi connectivity index (χ4v) is 4.88. The Kier molecular flexibility index (Phi) is 9.88. The first kappa shape index (κ1) is 22.8. The molecule has 0 spiro atoms. The van der Waals surface area contributed by atoms with Gasteiger partial charge in [-0.1, -0.05) is 19.8 Å². The molecule has 0 rings (SSSR count). The Morgan fingerprint density at radius 2 is 1.48 bits per heavy atom. The Labute approximate surface area is 137 Å². The summed E-state index contributed by atoms with van der Waals surface area (Å²) in [6, 6.07) is 0. The van der Waals surface area contributed by atoms with Crippen LogP contribution in [-0.4, -0.2) is 75.4 Å². The largest absolute Gasteiger partial charge is 0.433 e. The molecule has 6 nitrogen and oxygen atoms in total. The van der Waals surface area contributed by atoms with E-state index in [2.05, 4.69) is 14.5 Å². The highest BCUT2D eigenvalue weighted by Crippen LogP contribution is 2.55. The van der Waals surface area contributed by atoms with Crippen molar-refractivity contribution in [3.05, 3.63) is 0 Å².